The second-order valence-electron chi connectivity index (χ2n) is 5.85. The zero-order valence-corrected chi connectivity index (χ0v) is 14.5. The predicted molar refractivity (Wildman–Crippen MR) is 103 cm³/mol. The molecule has 3 aromatic carbocycles. The highest BCUT2D eigenvalue weighted by atomic mass is 32.1. The van der Waals surface area contributed by atoms with Crippen LogP contribution < -0.4 is 9.69 Å². The average molecular weight is 344 g/mol. The third kappa shape index (κ3) is 3.44. The summed E-state index contributed by atoms with van der Waals surface area (Å²) in [7, 11) is 0. The SMILES string of the molecule is Nc1nc(-c2ccccc2)[n+](-c2ccc(Cc3ccccc3)cc2)s1. The molecule has 0 radical (unpaired) electrons. The monoisotopic (exact) mass is 344 g/mol. The van der Waals surface area contributed by atoms with Gasteiger partial charge in [0.15, 0.2) is 0 Å². The van der Waals surface area contributed by atoms with Crippen molar-refractivity contribution in [3.63, 3.8) is 0 Å². The zero-order chi connectivity index (χ0) is 17.1. The van der Waals surface area contributed by atoms with Crippen LogP contribution in [0.5, 0.6) is 0 Å². The maximum Gasteiger partial charge on any atom is 0.350 e. The lowest BCUT2D eigenvalue weighted by Gasteiger charge is -2.03. The lowest BCUT2D eigenvalue weighted by Crippen LogP contribution is -2.28. The number of hydrogen-bond donors (Lipinski definition) is 1. The first kappa shape index (κ1) is 15.5. The van der Waals surface area contributed by atoms with Crippen molar-refractivity contribution < 1.29 is 3.96 Å². The molecule has 122 valence electrons. The van der Waals surface area contributed by atoms with Crippen LogP contribution in [0.3, 0.4) is 0 Å². The van der Waals surface area contributed by atoms with E-state index in [9.17, 15) is 0 Å². The van der Waals surface area contributed by atoms with Crippen LogP contribution in [0, 0.1) is 0 Å². The summed E-state index contributed by atoms with van der Waals surface area (Å²) in [6.07, 6.45) is 0.933. The molecule has 0 saturated heterocycles. The molecule has 4 rings (SSSR count). The number of nitrogen functional groups attached to an aromatic ring is 1. The van der Waals surface area contributed by atoms with E-state index < -0.39 is 0 Å². The number of rotatable bonds is 4. The van der Waals surface area contributed by atoms with E-state index in [4.69, 9.17) is 5.73 Å². The molecule has 25 heavy (non-hydrogen) atoms. The lowest BCUT2D eigenvalue weighted by molar-refractivity contribution is -0.509. The Kier molecular flexibility index (Phi) is 4.27. The number of nitrogens with zero attached hydrogens (tertiary/aromatic N) is 2. The highest BCUT2D eigenvalue weighted by Crippen LogP contribution is 2.20. The van der Waals surface area contributed by atoms with Crippen LogP contribution in [-0.4, -0.2) is 4.98 Å². The van der Waals surface area contributed by atoms with Gasteiger partial charge in [-0.1, -0.05) is 60.7 Å². The summed E-state index contributed by atoms with van der Waals surface area (Å²) in [6, 6.07) is 29.2. The molecule has 4 aromatic rings. The Morgan fingerprint density at radius 1 is 0.760 bits per heavy atom. The Labute approximate surface area is 151 Å². The van der Waals surface area contributed by atoms with E-state index in [0.29, 0.717) is 5.13 Å². The lowest BCUT2D eigenvalue weighted by atomic mass is 10.0. The Bertz CT molecular complexity index is 961. The Hall–Kier alpha value is -2.98. The normalized spacial score (nSPS) is 10.7. The van der Waals surface area contributed by atoms with Crippen molar-refractivity contribution in [3.05, 3.63) is 96.1 Å². The largest absolute Gasteiger partial charge is 0.351 e. The van der Waals surface area contributed by atoms with E-state index in [0.717, 1.165) is 23.5 Å². The van der Waals surface area contributed by atoms with Crippen LogP contribution in [0.1, 0.15) is 11.1 Å². The quantitative estimate of drug-likeness (QED) is 0.562. The van der Waals surface area contributed by atoms with Gasteiger partial charge in [0, 0.05) is 0 Å². The van der Waals surface area contributed by atoms with Gasteiger partial charge in [-0.05, 0) is 46.8 Å². The van der Waals surface area contributed by atoms with Crippen molar-refractivity contribution in [2.45, 2.75) is 6.42 Å². The summed E-state index contributed by atoms with van der Waals surface area (Å²) in [4.78, 5) is 4.51. The standard InChI is InChI=1S/C21H17N3S/c22-21-23-20(18-9-5-2-6-10-18)24(25-21)19-13-11-17(12-14-19)15-16-7-3-1-4-8-16/h1-14,22H,15H2/p+1. The molecule has 0 fully saturated rings. The molecule has 0 aliphatic heterocycles. The molecule has 0 aliphatic rings. The highest BCUT2D eigenvalue weighted by Gasteiger charge is 2.22. The van der Waals surface area contributed by atoms with Crippen LogP contribution in [0.2, 0.25) is 0 Å². The molecule has 1 heterocycles. The first-order valence-corrected chi connectivity index (χ1v) is 8.94. The van der Waals surface area contributed by atoms with Gasteiger partial charge in [-0.3, -0.25) is 0 Å². The fourth-order valence-corrected chi connectivity index (χ4v) is 3.61. The van der Waals surface area contributed by atoms with Gasteiger partial charge in [-0.15, -0.1) is 3.96 Å². The van der Waals surface area contributed by atoms with Gasteiger partial charge in [0.25, 0.3) is 0 Å². The van der Waals surface area contributed by atoms with E-state index in [1.54, 1.807) is 0 Å². The minimum absolute atomic E-state index is 0.562. The maximum atomic E-state index is 5.97. The number of nitrogens with two attached hydrogens (primary N) is 1. The number of anilines is 1. The van der Waals surface area contributed by atoms with Crippen LogP contribution >= 0.6 is 11.5 Å². The molecular weight excluding hydrogens is 326 g/mol. The summed E-state index contributed by atoms with van der Waals surface area (Å²) in [6.45, 7) is 0. The fourth-order valence-electron chi connectivity index (χ4n) is 2.83. The second-order valence-corrected chi connectivity index (χ2v) is 6.82. The number of aromatic nitrogens is 2. The van der Waals surface area contributed by atoms with Crippen molar-refractivity contribution in [2.75, 3.05) is 5.73 Å². The van der Waals surface area contributed by atoms with E-state index in [1.807, 2.05) is 24.3 Å². The molecule has 0 amide bonds. The van der Waals surface area contributed by atoms with Gasteiger partial charge in [0.1, 0.15) is 17.2 Å². The molecule has 0 bridgehead atoms. The van der Waals surface area contributed by atoms with Crippen LogP contribution in [0.15, 0.2) is 84.9 Å². The third-order valence-electron chi connectivity index (χ3n) is 4.05. The third-order valence-corrected chi connectivity index (χ3v) is 4.89. The zero-order valence-electron chi connectivity index (χ0n) is 13.7. The Balaban J connectivity index is 1.65. The van der Waals surface area contributed by atoms with Gasteiger partial charge >= 0.3 is 11.0 Å². The first-order valence-electron chi connectivity index (χ1n) is 8.17. The summed E-state index contributed by atoms with van der Waals surface area (Å²) < 4.78 is 2.08. The van der Waals surface area contributed by atoms with Gasteiger partial charge in [-0.25, -0.2) is 0 Å². The smallest absolute Gasteiger partial charge is 0.350 e. The minimum Gasteiger partial charge on any atom is -0.351 e. The molecule has 0 aliphatic carbocycles. The van der Waals surface area contributed by atoms with E-state index in [2.05, 4.69) is 69.6 Å². The first-order chi connectivity index (χ1) is 12.3. The van der Waals surface area contributed by atoms with Gasteiger partial charge < -0.3 is 5.73 Å². The van der Waals surface area contributed by atoms with Crippen LogP contribution in [0.25, 0.3) is 17.1 Å². The van der Waals surface area contributed by atoms with E-state index >= 15 is 0 Å². The van der Waals surface area contributed by atoms with Gasteiger partial charge in [0.05, 0.1) is 5.56 Å². The summed E-state index contributed by atoms with van der Waals surface area (Å²) >= 11 is 1.46. The van der Waals surface area contributed by atoms with Crippen LogP contribution in [-0.2, 0) is 6.42 Å². The molecule has 1 aromatic heterocycles. The van der Waals surface area contributed by atoms with Crippen molar-refractivity contribution in [1.82, 2.24) is 4.98 Å². The van der Waals surface area contributed by atoms with E-state index in [1.165, 1.54) is 22.7 Å². The molecule has 2 N–H and O–H groups in total. The molecule has 4 heteroatoms. The highest BCUT2D eigenvalue weighted by molar-refractivity contribution is 7.05. The van der Waals surface area contributed by atoms with Crippen molar-refractivity contribution in [1.29, 1.82) is 0 Å². The maximum absolute atomic E-state index is 5.97. The molecule has 3 nitrogen and oxygen atoms in total. The van der Waals surface area contributed by atoms with Crippen LogP contribution in [0.4, 0.5) is 5.13 Å². The Morgan fingerprint density at radius 3 is 2.04 bits per heavy atom. The Morgan fingerprint density at radius 2 is 1.36 bits per heavy atom. The molecular formula is C21H18N3S+. The van der Waals surface area contributed by atoms with Crippen molar-refractivity contribution in [2.24, 2.45) is 0 Å². The average Bonchev–Trinajstić information content (AvgIpc) is 3.06. The van der Waals surface area contributed by atoms with Gasteiger partial charge in [-0.2, -0.15) is 0 Å². The fraction of sp³-hybridized carbons (Fsp3) is 0.0476. The van der Waals surface area contributed by atoms with E-state index in [-0.39, 0.29) is 0 Å². The number of benzene rings is 3. The summed E-state index contributed by atoms with van der Waals surface area (Å²) in [5.74, 6) is 0.874. The molecule has 0 spiro atoms. The van der Waals surface area contributed by atoms with Crippen molar-refractivity contribution in [3.8, 4) is 17.1 Å². The van der Waals surface area contributed by atoms with Gasteiger partial charge in [0.2, 0.25) is 0 Å². The molecule has 0 atom stereocenters. The summed E-state index contributed by atoms with van der Waals surface area (Å²) in [5.41, 5.74) is 10.7. The summed E-state index contributed by atoms with van der Waals surface area (Å²) in [5, 5.41) is 0.562. The minimum atomic E-state index is 0.562. The molecule has 0 saturated carbocycles. The number of hydrogen-bond acceptors (Lipinski definition) is 3. The molecule has 0 unspecified atom stereocenters. The predicted octanol–water partition coefficient (Wildman–Crippen LogP) is 4.26. The topological polar surface area (TPSA) is 42.8 Å². The van der Waals surface area contributed by atoms with Crippen molar-refractivity contribution >= 4 is 16.7 Å². The second kappa shape index (κ2) is 6.87.